The number of alkyl halides is 1. The number of aryl methyl sites for hydroxylation is 1. The van der Waals surface area contributed by atoms with Gasteiger partial charge in [-0.15, -0.1) is 0 Å². The molecule has 1 aromatic carbocycles. The number of nitrogens with one attached hydrogen (secondary N) is 4. The van der Waals surface area contributed by atoms with Crippen molar-refractivity contribution in [2.45, 2.75) is 69.2 Å². The molecule has 6 rings (SSSR count). The second-order valence-electron chi connectivity index (χ2n) is 10.6. The molecule has 192 valence electrons. The van der Waals surface area contributed by atoms with E-state index in [-0.39, 0.29) is 41.6 Å². The van der Waals surface area contributed by atoms with Crippen LogP contribution in [-0.2, 0) is 11.2 Å². The summed E-state index contributed by atoms with van der Waals surface area (Å²) in [5.41, 5.74) is 10.8. The van der Waals surface area contributed by atoms with Crippen LogP contribution in [-0.4, -0.2) is 63.8 Å². The number of carbonyl (C=O) groups excluding carboxylic acids is 1. The number of fused-ring (bicyclic) bond motifs is 1. The van der Waals surface area contributed by atoms with E-state index in [0.29, 0.717) is 0 Å². The molecule has 1 saturated carbocycles. The second kappa shape index (κ2) is 9.61. The third-order valence-corrected chi connectivity index (χ3v) is 8.68. The number of H-pyrrole nitrogens is 1. The number of aromatic amines is 1. The number of phenolic OH excluding ortho intramolecular Hbond substituents is 1. The van der Waals surface area contributed by atoms with Gasteiger partial charge in [-0.05, 0) is 60.9 Å². The van der Waals surface area contributed by atoms with Crippen LogP contribution < -0.4 is 16.2 Å². The molecule has 2 saturated heterocycles. The third kappa shape index (κ3) is 4.13. The van der Waals surface area contributed by atoms with Gasteiger partial charge in [0.1, 0.15) is 17.7 Å². The lowest BCUT2D eigenvalue weighted by molar-refractivity contribution is -0.123. The molecule has 36 heavy (non-hydrogen) atoms. The van der Waals surface area contributed by atoms with Gasteiger partial charge in [0.2, 0.25) is 5.91 Å². The molecule has 0 radical (unpaired) electrons. The van der Waals surface area contributed by atoms with Gasteiger partial charge >= 0.3 is 0 Å². The Balaban J connectivity index is 1.14. The Morgan fingerprint density at radius 1 is 1.22 bits per heavy atom. The minimum absolute atomic E-state index is 0.00965. The van der Waals surface area contributed by atoms with Crippen LogP contribution in [0.1, 0.15) is 67.2 Å². The van der Waals surface area contributed by atoms with E-state index in [1.54, 1.807) is 12.1 Å². The zero-order chi connectivity index (χ0) is 24.8. The number of halogens is 1. The molecule has 3 fully saturated rings. The van der Waals surface area contributed by atoms with Crippen molar-refractivity contribution in [3.63, 3.8) is 0 Å². The fourth-order valence-electron chi connectivity index (χ4n) is 6.71. The smallest absolute Gasteiger partial charge is 0.237 e. The number of aromatic nitrogens is 2. The maximum atomic E-state index is 15.8. The number of nitrogens with zero attached hydrogens (tertiary/aromatic N) is 2. The topological polar surface area (TPSA) is 105 Å². The summed E-state index contributed by atoms with van der Waals surface area (Å²) in [7, 11) is 0. The molecule has 1 aliphatic carbocycles. The summed E-state index contributed by atoms with van der Waals surface area (Å²) in [6.07, 6.45) is 7.23. The van der Waals surface area contributed by atoms with E-state index < -0.39 is 6.17 Å². The Hall–Kier alpha value is -2.75. The van der Waals surface area contributed by atoms with Gasteiger partial charge in [-0.25, -0.2) is 14.8 Å². The van der Waals surface area contributed by atoms with Crippen molar-refractivity contribution in [1.82, 2.24) is 31.0 Å². The molecule has 5 N–H and O–H groups in total. The molecule has 9 heteroatoms. The van der Waals surface area contributed by atoms with Gasteiger partial charge < -0.3 is 15.4 Å². The fraction of sp³-hybridized carbons (Fsp3) is 0.556. The van der Waals surface area contributed by atoms with E-state index in [2.05, 4.69) is 37.1 Å². The molecule has 4 aliphatic rings. The number of phenols is 1. The van der Waals surface area contributed by atoms with E-state index in [1.807, 2.05) is 19.2 Å². The molecule has 0 bridgehead atoms. The van der Waals surface area contributed by atoms with Crippen LogP contribution in [0.25, 0.3) is 5.57 Å². The number of hydrogen-bond donors (Lipinski definition) is 5. The first-order valence-corrected chi connectivity index (χ1v) is 13.3. The normalized spacial score (nSPS) is 32.8. The van der Waals surface area contributed by atoms with E-state index in [1.165, 1.54) is 5.57 Å². The highest BCUT2D eigenvalue weighted by atomic mass is 19.1. The molecule has 1 amide bonds. The summed E-state index contributed by atoms with van der Waals surface area (Å²) in [5, 5.41) is 12.8. The lowest BCUT2D eigenvalue weighted by atomic mass is 9.71. The largest absolute Gasteiger partial charge is 0.508 e. The highest BCUT2D eigenvalue weighted by Gasteiger charge is 2.48. The summed E-state index contributed by atoms with van der Waals surface area (Å²) in [4.78, 5) is 22.5. The van der Waals surface area contributed by atoms with Crippen molar-refractivity contribution in [3.05, 3.63) is 53.1 Å². The van der Waals surface area contributed by atoms with E-state index in [9.17, 15) is 9.90 Å². The predicted molar refractivity (Wildman–Crippen MR) is 135 cm³/mol. The zero-order valence-electron chi connectivity index (χ0n) is 20.6. The van der Waals surface area contributed by atoms with Gasteiger partial charge in [-0.3, -0.25) is 15.1 Å². The summed E-state index contributed by atoms with van der Waals surface area (Å²) in [5.74, 6) is 1.14. The van der Waals surface area contributed by atoms with Crippen LogP contribution in [0.15, 0.2) is 30.5 Å². The number of carbonyl (C=O) groups is 1. The maximum Gasteiger partial charge on any atom is 0.237 e. The van der Waals surface area contributed by atoms with Crippen molar-refractivity contribution in [3.8, 4) is 5.75 Å². The molecule has 1 aromatic heterocycles. The standard InChI is InChI=1S/C27H35FN6O2/c1-2-15-13-17(35)3-4-18(15)19-5-6-20-24(23(19)28)32-33-25(20)26-30-14-21(31-26)16-8-11-34(12-9-16)22-7-10-29-27(22)36/h3-4,8,13-14,19-20,22-25,32-33,35H,2,5-7,9-12H2,1H3,(H,29,36)(H,30,31). The van der Waals surface area contributed by atoms with Crippen LogP contribution in [0, 0.1) is 5.92 Å². The van der Waals surface area contributed by atoms with Crippen LogP contribution in [0.4, 0.5) is 4.39 Å². The Labute approximate surface area is 210 Å². The average molecular weight is 495 g/mol. The first-order valence-electron chi connectivity index (χ1n) is 13.3. The lowest BCUT2D eigenvalue weighted by Gasteiger charge is -2.36. The predicted octanol–water partition coefficient (Wildman–Crippen LogP) is 2.70. The van der Waals surface area contributed by atoms with Gasteiger partial charge in [-0.1, -0.05) is 19.1 Å². The van der Waals surface area contributed by atoms with E-state index in [0.717, 1.165) is 74.4 Å². The SMILES string of the molecule is CCc1cc(O)ccc1C1CCC2C(c3ncc(C4=CCN(C5CCNC5=O)CC4)[nH]3)NNC2C1F. The molecule has 2 aromatic rings. The first kappa shape index (κ1) is 23.6. The number of benzene rings is 1. The number of hydrazine groups is 1. The molecular formula is C27H35FN6O2. The molecule has 6 atom stereocenters. The average Bonchev–Trinajstić information content (AvgIpc) is 3.64. The minimum Gasteiger partial charge on any atom is -0.508 e. The summed E-state index contributed by atoms with van der Waals surface area (Å²) in [6.45, 7) is 4.42. The van der Waals surface area contributed by atoms with E-state index in [4.69, 9.17) is 0 Å². The molecular weight excluding hydrogens is 459 g/mol. The number of imidazole rings is 1. The molecule has 6 unspecified atom stereocenters. The van der Waals surface area contributed by atoms with Gasteiger partial charge in [-0.2, -0.15) is 0 Å². The summed E-state index contributed by atoms with van der Waals surface area (Å²) >= 11 is 0. The van der Waals surface area contributed by atoms with Crippen LogP contribution in [0.3, 0.4) is 0 Å². The lowest BCUT2D eigenvalue weighted by Crippen LogP contribution is -2.45. The minimum atomic E-state index is -1.02. The van der Waals surface area contributed by atoms with Gasteiger partial charge in [0.05, 0.1) is 30.0 Å². The molecule has 8 nitrogen and oxygen atoms in total. The van der Waals surface area contributed by atoms with Crippen molar-refractivity contribution in [2.24, 2.45) is 5.92 Å². The van der Waals surface area contributed by atoms with Crippen molar-refractivity contribution in [2.75, 3.05) is 19.6 Å². The number of aromatic hydroxyl groups is 1. The molecule has 0 spiro atoms. The summed E-state index contributed by atoms with van der Waals surface area (Å²) < 4.78 is 15.8. The van der Waals surface area contributed by atoms with Crippen molar-refractivity contribution < 1.29 is 14.3 Å². The highest BCUT2D eigenvalue weighted by Crippen LogP contribution is 2.45. The Morgan fingerprint density at radius 2 is 2.11 bits per heavy atom. The molecule has 3 aliphatic heterocycles. The second-order valence-corrected chi connectivity index (χ2v) is 10.6. The Kier molecular flexibility index (Phi) is 6.31. The monoisotopic (exact) mass is 494 g/mol. The quantitative estimate of drug-likeness (QED) is 0.438. The van der Waals surface area contributed by atoms with Gasteiger partial charge in [0, 0.05) is 31.5 Å². The van der Waals surface area contributed by atoms with Crippen LogP contribution >= 0.6 is 0 Å². The molecule has 4 heterocycles. The summed E-state index contributed by atoms with van der Waals surface area (Å²) in [6, 6.07) is 4.95. The van der Waals surface area contributed by atoms with Crippen LogP contribution in [0.2, 0.25) is 0 Å². The number of amides is 1. The van der Waals surface area contributed by atoms with Gasteiger partial charge in [0.15, 0.2) is 0 Å². The highest BCUT2D eigenvalue weighted by molar-refractivity contribution is 5.84. The Morgan fingerprint density at radius 3 is 2.86 bits per heavy atom. The number of hydrogen-bond acceptors (Lipinski definition) is 6. The fourth-order valence-corrected chi connectivity index (χ4v) is 6.71. The van der Waals surface area contributed by atoms with E-state index >= 15 is 4.39 Å². The Bertz CT molecular complexity index is 1160. The zero-order valence-corrected chi connectivity index (χ0v) is 20.6. The van der Waals surface area contributed by atoms with Crippen LogP contribution in [0.5, 0.6) is 5.75 Å². The number of rotatable bonds is 5. The first-order chi connectivity index (χ1) is 17.5. The maximum absolute atomic E-state index is 15.8. The third-order valence-electron chi connectivity index (χ3n) is 8.68. The van der Waals surface area contributed by atoms with Gasteiger partial charge in [0.25, 0.3) is 0 Å². The van der Waals surface area contributed by atoms with Crippen molar-refractivity contribution in [1.29, 1.82) is 0 Å². The van der Waals surface area contributed by atoms with Crippen molar-refractivity contribution >= 4 is 11.5 Å².